The van der Waals surface area contributed by atoms with Crippen LogP contribution in [-0.4, -0.2) is 19.1 Å². The fraction of sp³-hybridized carbons (Fsp3) is 0.333. The van der Waals surface area contributed by atoms with Gasteiger partial charge in [0.25, 0.3) is 0 Å². The van der Waals surface area contributed by atoms with Gasteiger partial charge in [-0.2, -0.15) is 0 Å². The summed E-state index contributed by atoms with van der Waals surface area (Å²) in [5.41, 5.74) is 6.14. The van der Waals surface area contributed by atoms with E-state index in [1.54, 1.807) is 0 Å². The molecule has 3 nitrogen and oxygen atoms in total. The fourth-order valence-electron chi connectivity index (χ4n) is 1.18. The lowest BCUT2D eigenvalue weighted by Gasteiger charge is -2.02. The molecule has 1 amide bonds. The van der Waals surface area contributed by atoms with Gasteiger partial charge in [-0.25, -0.2) is 0 Å². The molecular weight excluding hydrogens is 190 g/mol. The molecule has 1 aromatic rings. The Morgan fingerprint density at radius 2 is 2.07 bits per heavy atom. The molecule has 0 spiro atoms. The van der Waals surface area contributed by atoms with E-state index in [0.717, 1.165) is 5.56 Å². The van der Waals surface area contributed by atoms with Gasteiger partial charge in [0, 0.05) is 19.4 Å². The molecule has 0 atom stereocenters. The van der Waals surface area contributed by atoms with Crippen molar-refractivity contribution in [2.45, 2.75) is 12.8 Å². The summed E-state index contributed by atoms with van der Waals surface area (Å²) in [5.74, 6) is -0.273. The number of amides is 1. The van der Waals surface area contributed by atoms with E-state index >= 15 is 0 Å². The van der Waals surface area contributed by atoms with Crippen molar-refractivity contribution in [1.82, 2.24) is 0 Å². The van der Waals surface area contributed by atoms with E-state index < -0.39 is 0 Å². The number of hydrogen-bond donors (Lipinski definition) is 1. The summed E-state index contributed by atoms with van der Waals surface area (Å²) >= 11 is 0. The highest BCUT2D eigenvalue weighted by Gasteiger charge is 1.95. The largest absolute Gasteiger partial charge is 0.381 e. The molecule has 0 aliphatic heterocycles. The first-order valence-corrected chi connectivity index (χ1v) is 5.03. The van der Waals surface area contributed by atoms with E-state index in [1.807, 2.05) is 36.8 Å². The fourth-order valence-corrected chi connectivity index (χ4v) is 1.18. The lowest BCUT2D eigenvalue weighted by atomic mass is 10.2. The third-order valence-corrected chi connectivity index (χ3v) is 1.95. The summed E-state index contributed by atoms with van der Waals surface area (Å²) in [4.78, 5) is 10.4. The Morgan fingerprint density at radius 1 is 1.33 bits per heavy atom. The SMILES string of the molecule is NC(=O)CCCOC[CH]c1ccccc1. The maximum absolute atomic E-state index is 10.4. The highest BCUT2D eigenvalue weighted by Crippen LogP contribution is 2.02. The molecule has 0 saturated carbocycles. The minimum absolute atomic E-state index is 0.273. The second kappa shape index (κ2) is 7.01. The molecule has 81 valence electrons. The summed E-state index contributed by atoms with van der Waals surface area (Å²) in [5, 5.41) is 0. The van der Waals surface area contributed by atoms with Crippen molar-refractivity contribution in [3.05, 3.63) is 42.3 Å². The summed E-state index contributed by atoms with van der Waals surface area (Å²) in [6, 6.07) is 9.99. The Labute approximate surface area is 90.2 Å². The zero-order valence-corrected chi connectivity index (χ0v) is 8.69. The van der Waals surface area contributed by atoms with Crippen LogP contribution in [0, 0.1) is 6.42 Å². The smallest absolute Gasteiger partial charge is 0.217 e. The Balaban J connectivity index is 2.00. The maximum Gasteiger partial charge on any atom is 0.217 e. The minimum Gasteiger partial charge on any atom is -0.381 e. The van der Waals surface area contributed by atoms with Crippen LogP contribution in [0.15, 0.2) is 30.3 Å². The molecule has 3 heteroatoms. The van der Waals surface area contributed by atoms with Gasteiger partial charge >= 0.3 is 0 Å². The average Bonchev–Trinajstić information content (AvgIpc) is 2.24. The predicted octanol–water partition coefficient (Wildman–Crippen LogP) is 1.52. The molecule has 0 aromatic heterocycles. The molecule has 0 aliphatic carbocycles. The van der Waals surface area contributed by atoms with Gasteiger partial charge in [0.05, 0.1) is 6.61 Å². The van der Waals surface area contributed by atoms with Gasteiger partial charge in [-0.15, -0.1) is 0 Å². The third kappa shape index (κ3) is 5.86. The highest BCUT2D eigenvalue weighted by atomic mass is 16.5. The summed E-state index contributed by atoms with van der Waals surface area (Å²) in [7, 11) is 0. The number of primary amides is 1. The van der Waals surface area contributed by atoms with E-state index in [9.17, 15) is 4.79 Å². The Kier molecular flexibility index (Phi) is 5.48. The normalized spacial score (nSPS) is 10.1. The third-order valence-electron chi connectivity index (χ3n) is 1.95. The van der Waals surface area contributed by atoms with Crippen LogP contribution in [0.2, 0.25) is 0 Å². The van der Waals surface area contributed by atoms with E-state index in [-0.39, 0.29) is 5.91 Å². The topological polar surface area (TPSA) is 52.3 Å². The molecule has 0 heterocycles. The van der Waals surface area contributed by atoms with Gasteiger partial charge in [-0.1, -0.05) is 30.3 Å². The predicted molar refractivity (Wildman–Crippen MR) is 59.1 cm³/mol. The number of hydrogen-bond acceptors (Lipinski definition) is 2. The Bertz CT molecular complexity index is 285. The van der Waals surface area contributed by atoms with Gasteiger partial charge in [0.2, 0.25) is 5.91 Å². The Hall–Kier alpha value is -1.35. The van der Waals surface area contributed by atoms with Crippen LogP contribution in [-0.2, 0) is 9.53 Å². The van der Waals surface area contributed by atoms with Gasteiger partial charge in [-0.3, -0.25) is 4.79 Å². The van der Waals surface area contributed by atoms with Crippen LogP contribution in [0.4, 0.5) is 0 Å². The molecule has 0 saturated heterocycles. The number of nitrogens with two attached hydrogens (primary N) is 1. The lowest BCUT2D eigenvalue weighted by Crippen LogP contribution is -2.11. The van der Waals surface area contributed by atoms with Crippen LogP contribution in [0.1, 0.15) is 18.4 Å². The zero-order valence-electron chi connectivity index (χ0n) is 8.69. The first-order chi connectivity index (χ1) is 7.29. The molecule has 15 heavy (non-hydrogen) atoms. The molecule has 1 rings (SSSR count). The maximum atomic E-state index is 10.4. The molecule has 1 radical (unpaired) electrons. The van der Waals surface area contributed by atoms with Crippen LogP contribution < -0.4 is 5.73 Å². The summed E-state index contributed by atoms with van der Waals surface area (Å²) in [6.45, 7) is 1.15. The summed E-state index contributed by atoms with van der Waals surface area (Å²) < 4.78 is 5.32. The van der Waals surface area contributed by atoms with Gasteiger partial charge in [0.1, 0.15) is 0 Å². The molecule has 2 N–H and O–H groups in total. The number of rotatable bonds is 7. The monoisotopic (exact) mass is 206 g/mol. The van der Waals surface area contributed by atoms with E-state index in [4.69, 9.17) is 10.5 Å². The molecule has 0 bridgehead atoms. The van der Waals surface area contributed by atoms with Crippen molar-refractivity contribution >= 4 is 5.91 Å². The summed E-state index contributed by atoms with van der Waals surface area (Å²) in [6.07, 6.45) is 3.09. The number of carbonyl (C=O) groups is 1. The molecular formula is C12H16NO2. The standard InChI is InChI=1S/C12H16NO2/c13-12(14)7-4-9-15-10-8-11-5-2-1-3-6-11/h1-3,5-6,8H,4,7,9-10H2,(H2,13,14). The van der Waals surface area contributed by atoms with Crippen LogP contribution in [0.3, 0.4) is 0 Å². The second-order valence-corrected chi connectivity index (χ2v) is 3.26. The zero-order chi connectivity index (χ0) is 10.9. The van der Waals surface area contributed by atoms with Crippen molar-refractivity contribution in [3.8, 4) is 0 Å². The van der Waals surface area contributed by atoms with E-state index in [0.29, 0.717) is 26.1 Å². The Morgan fingerprint density at radius 3 is 2.73 bits per heavy atom. The highest BCUT2D eigenvalue weighted by molar-refractivity contribution is 5.73. The van der Waals surface area contributed by atoms with Crippen molar-refractivity contribution in [1.29, 1.82) is 0 Å². The van der Waals surface area contributed by atoms with Gasteiger partial charge in [0.15, 0.2) is 0 Å². The minimum atomic E-state index is -0.273. The van der Waals surface area contributed by atoms with Crippen molar-refractivity contribution in [2.24, 2.45) is 5.73 Å². The van der Waals surface area contributed by atoms with Gasteiger partial charge in [-0.05, 0) is 12.0 Å². The average molecular weight is 206 g/mol. The van der Waals surface area contributed by atoms with Crippen LogP contribution >= 0.6 is 0 Å². The first-order valence-electron chi connectivity index (χ1n) is 5.03. The van der Waals surface area contributed by atoms with Crippen molar-refractivity contribution in [2.75, 3.05) is 13.2 Å². The molecule has 0 fully saturated rings. The quantitative estimate of drug-likeness (QED) is 0.688. The number of benzene rings is 1. The number of carbonyl (C=O) groups excluding carboxylic acids is 1. The molecule has 0 aliphatic rings. The van der Waals surface area contributed by atoms with Crippen molar-refractivity contribution in [3.63, 3.8) is 0 Å². The molecule has 1 aromatic carbocycles. The van der Waals surface area contributed by atoms with Gasteiger partial charge < -0.3 is 10.5 Å². The van der Waals surface area contributed by atoms with Crippen molar-refractivity contribution < 1.29 is 9.53 Å². The van der Waals surface area contributed by atoms with Crippen LogP contribution in [0.25, 0.3) is 0 Å². The van der Waals surface area contributed by atoms with E-state index in [2.05, 4.69) is 0 Å². The van der Waals surface area contributed by atoms with E-state index in [1.165, 1.54) is 0 Å². The second-order valence-electron chi connectivity index (χ2n) is 3.26. The molecule has 0 unspecified atom stereocenters. The van der Waals surface area contributed by atoms with Crippen LogP contribution in [0.5, 0.6) is 0 Å². The number of ether oxygens (including phenoxy) is 1. The first kappa shape index (κ1) is 11.7. The lowest BCUT2D eigenvalue weighted by molar-refractivity contribution is -0.118.